The number of nitrogens with two attached hydrogens (primary N) is 1. The molecule has 0 bridgehead atoms. The van der Waals surface area contributed by atoms with Crippen LogP contribution in [0.3, 0.4) is 0 Å². The quantitative estimate of drug-likeness (QED) is 0.332. The van der Waals surface area contributed by atoms with Gasteiger partial charge in [0.2, 0.25) is 5.91 Å². The van der Waals surface area contributed by atoms with Crippen LogP contribution in [-0.2, 0) is 9.53 Å². The van der Waals surface area contributed by atoms with Crippen LogP contribution in [0.15, 0.2) is 27.8 Å². The van der Waals surface area contributed by atoms with Crippen LogP contribution in [0.5, 0.6) is 0 Å². The number of halogens is 1. The number of hydrogen-bond donors (Lipinski definition) is 3. The zero-order valence-electron chi connectivity index (χ0n) is 9.81. The number of ether oxygens (including phenoxy) is 1. The highest BCUT2D eigenvalue weighted by molar-refractivity contribution is 9.10. The first-order chi connectivity index (χ1) is 8.58. The third kappa shape index (κ3) is 4.01. The Morgan fingerprint density at radius 1 is 1.61 bits per heavy atom. The van der Waals surface area contributed by atoms with Gasteiger partial charge in [0.15, 0.2) is 5.84 Å². The van der Waals surface area contributed by atoms with Gasteiger partial charge in [-0.15, -0.1) is 0 Å². The number of anilines is 1. The Balaban J connectivity index is 2.91. The Bertz CT molecular complexity index is 463. The van der Waals surface area contributed by atoms with E-state index in [9.17, 15) is 4.79 Å². The smallest absolute Gasteiger partial charge is 0.226 e. The van der Waals surface area contributed by atoms with Crippen LogP contribution < -0.4 is 11.1 Å². The summed E-state index contributed by atoms with van der Waals surface area (Å²) < 4.78 is 5.57. The minimum atomic E-state index is -0.203. The van der Waals surface area contributed by atoms with Gasteiger partial charge in [-0.1, -0.05) is 21.1 Å². The molecule has 0 aliphatic carbocycles. The monoisotopic (exact) mass is 315 g/mol. The summed E-state index contributed by atoms with van der Waals surface area (Å²) in [7, 11) is 1.52. The van der Waals surface area contributed by atoms with Crippen LogP contribution in [0.25, 0.3) is 0 Å². The van der Waals surface area contributed by atoms with Crippen LogP contribution >= 0.6 is 15.9 Å². The Hall–Kier alpha value is -1.60. The van der Waals surface area contributed by atoms with Gasteiger partial charge in [0.25, 0.3) is 0 Å². The summed E-state index contributed by atoms with van der Waals surface area (Å²) in [5.41, 5.74) is 6.47. The second kappa shape index (κ2) is 6.97. The molecule has 6 nitrogen and oxygen atoms in total. The third-order valence-electron chi connectivity index (χ3n) is 2.17. The van der Waals surface area contributed by atoms with Gasteiger partial charge in [0.05, 0.1) is 18.7 Å². The van der Waals surface area contributed by atoms with E-state index in [-0.39, 0.29) is 18.2 Å². The standard InChI is InChI=1S/C11H14BrN3O3/c1-18-5-4-10(16)14-9-3-2-7(12)6-8(9)11(13)15-17/h2-3,6,17H,4-5H2,1H3,(H2,13,15)(H,14,16). The molecule has 1 aromatic carbocycles. The first-order valence-electron chi connectivity index (χ1n) is 5.14. The van der Waals surface area contributed by atoms with Crippen LogP contribution in [0.1, 0.15) is 12.0 Å². The van der Waals surface area contributed by atoms with Gasteiger partial charge in [-0.2, -0.15) is 0 Å². The van der Waals surface area contributed by atoms with Crippen LogP contribution in [-0.4, -0.2) is 30.7 Å². The Labute approximate surface area is 113 Å². The fourth-order valence-electron chi connectivity index (χ4n) is 1.30. The molecule has 0 heterocycles. The molecule has 18 heavy (non-hydrogen) atoms. The maximum Gasteiger partial charge on any atom is 0.226 e. The van der Waals surface area contributed by atoms with E-state index in [1.165, 1.54) is 7.11 Å². The fraction of sp³-hybridized carbons (Fsp3) is 0.273. The minimum absolute atomic E-state index is 0.0710. The van der Waals surface area contributed by atoms with E-state index in [4.69, 9.17) is 15.7 Å². The average molecular weight is 316 g/mol. The SMILES string of the molecule is COCCC(=O)Nc1ccc(Br)cc1/C(N)=N/O. The maximum atomic E-state index is 11.6. The number of oxime groups is 1. The lowest BCUT2D eigenvalue weighted by Gasteiger charge is -2.10. The Morgan fingerprint density at radius 2 is 2.33 bits per heavy atom. The number of hydrogen-bond acceptors (Lipinski definition) is 4. The molecular weight excluding hydrogens is 302 g/mol. The van der Waals surface area contributed by atoms with Gasteiger partial charge in [0, 0.05) is 17.1 Å². The Kier molecular flexibility index (Phi) is 5.60. The zero-order valence-corrected chi connectivity index (χ0v) is 11.4. The van der Waals surface area contributed by atoms with Gasteiger partial charge < -0.3 is 21.0 Å². The molecule has 0 saturated carbocycles. The van der Waals surface area contributed by atoms with E-state index in [2.05, 4.69) is 26.4 Å². The molecule has 1 amide bonds. The van der Waals surface area contributed by atoms with Gasteiger partial charge >= 0.3 is 0 Å². The molecule has 1 rings (SSSR count). The van der Waals surface area contributed by atoms with Gasteiger partial charge in [-0.05, 0) is 18.2 Å². The number of nitrogens with zero attached hydrogens (tertiary/aromatic N) is 1. The summed E-state index contributed by atoms with van der Waals surface area (Å²) in [6, 6.07) is 5.07. The van der Waals surface area contributed by atoms with Crippen molar-refractivity contribution in [2.75, 3.05) is 19.0 Å². The van der Waals surface area contributed by atoms with Crippen molar-refractivity contribution in [2.24, 2.45) is 10.9 Å². The van der Waals surface area contributed by atoms with Crippen molar-refractivity contribution >= 4 is 33.4 Å². The number of amidine groups is 1. The van der Waals surface area contributed by atoms with Gasteiger partial charge in [-0.3, -0.25) is 4.79 Å². The predicted molar refractivity (Wildman–Crippen MR) is 71.8 cm³/mol. The zero-order chi connectivity index (χ0) is 13.5. The molecule has 0 aromatic heterocycles. The van der Waals surface area contributed by atoms with Gasteiger partial charge in [-0.25, -0.2) is 0 Å². The molecule has 98 valence electrons. The number of nitrogens with one attached hydrogen (secondary N) is 1. The summed E-state index contributed by atoms with van der Waals surface area (Å²) >= 11 is 3.28. The lowest BCUT2D eigenvalue weighted by molar-refractivity contribution is -0.117. The molecular formula is C11H14BrN3O3. The number of carbonyl (C=O) groups excluding carboxylic acids is 1. The summed E-state index contributed by atoms with van der Waals surface area (Å²) in [5, 5.41) is 14.3. The molecule has 0 unspecified atom stereocenters. The van der Waals surface area contributed by atoms with Crippen LogP contribution in [0.4, 0.5) is 5.69 Å². The number of amides is 1. The molecule has 0 fully saturated rings. The van der Waals surface area contributed by atoms with E-state index in [1.807, 2.05) is 0 Å². The lowest BCUT2D eigenvalue weighted by Crippen LogP contribution is -2.19. The van der Waals surface area contributed by atoms with E-state index in [1.54, 1.807) is 18.2 Å². The molecule has 0 atom stereocenters. The second-order valence-corrected chi connectivity index (χ2v) is 4.38. The molecule has 0 spiro atoms. The van der Waals surface area contributed by atoms with E-state index in [0.717, 1.165) is 4.47 Å². The normalized spacial score (nSPS) is 11.3. The maximum absolute atomic E-state index is 11.6. The minimum Gasteiger partial charge on any atom is -0.409 e. The summed E-state index contributed by atoms with van der Waals surface area (Å²) in [5.74, 6) is -0.274. The van der Waals surface area contributed by atoms with Crippen molar-refractivity contribution in [2.45, 2.75) is 6.42 Å². The van der Waals surface area contributed by atoms with Crippen LogP contribution in [0, 0.1) is 0 Å². The fourth-order valence-corrected chi connectivity index (χ4v) is 1.66. The molecule has 0 saturated heterocycles. The number of rotatable bonds is 5. The molecule has 0 aliphatic heterocycles. The molecule has 0 aliphatic rings. The first-order valence-corrected chi connectivity index (χ1v) is 5.94. The van der Waals surface area contributed by atoms with Crippen molar-refractivity contribution in [3.8, 4) is 0 Å². The summed E-state index contributed by atoms with van der Waals surface area (Å²) in [4.78, 5) is 11.6. The van der Waals surface area contributed by atoms with Crippen LogP contribution in [0.2, 0.25) is 0 Å². The Morgan fingerprint density at radius 3 is 2.94 bits per heavy atom. The average Bonchev–Trinajstić information content (AvgIpc) is 2.37. The third-order valence-corrected chi connectivity index (χ3v) is 2.67. The first kappa shape index (κ1) is 14.5. The van der Waals surface area contributed by atoms with E-state index < -0.39 is 0 Å². The predicted octanol–water partition coefficient (Wildman–Crippen LogP) is 1.52. The molecule has 4 N–H and O–H groups in total. The van der Waals surface area contributed by atoms with E-state index >= 15 is 0 Å². The molecule has 0 radical (unpaired) electrons. The van der Waals surface area contributed by atoms with Crippen molar-refractivity contribution in [3.63, 3.8) is 0 Å². The van der Waals surface area contributed by atoms with E-state index in [0.29, 0.717) is 17.9 Å². The number of benzene rings is 1. The highest BCUT2D eigenvalue weighted by Gasteiger charge is 2.10. The molecule has 7 heteroatoms. The second-order valence-electron chi connectivity index (χ2n) is 3.47. The van der Waals surface area contributed by atoms with Crippen molar-refractivity contribution in [1.82, 2.24) is 0 Å². The van der Waals surface area contributed by atoms with Crippen molar-refractivity contribution in [3.05, 3.63) is 28.2 Å². The molecule has 1 aromatic rings. The highest BCUT2D eigenvalue weighted by atomic mass is 79.9. The summed E-state index contributed by atoms with van der Waals surface area (Å²) in [6.07, 6.45) is 0.238. The van der Waals surface area contributed by atoms with Gasteiger partial charge in [0.1, 0.15) is 0 Å². The van der Waals surface area contributed by atoms with Crippen molar-refractivity contribution in [1.29, 1.82) is 0 Å². The van der Waals surface area contributed by atoms with Crippen molar-refractivity contribution < 1.29 is 14.7 Å². The highest BCUT2D eigenvalue weighted by Crippen LogP contribution is 2.21. The topological polar surface area (TPSA) is 96.9 Å². The number of carbonyl (C=O) groups is 1. The largest absolute Gasteiger partial charge is 0.409 e. The number of methoxy groups -OCH3 is 1. The summed E-state index contributed by atoms with van der Waals surface area (Å²) in [6.45, 7) is 0.335. The lowest BCUT2D eigenvalue weighted by atomic mass is 10.1.